The van der Waals surface area contributed by atoms with Gasteiger partial charge in [-0.15, -0.1) is 0 Å². The Morgan fingerprint density at radius 2 is 1.84 bits per heavy atom. The lowest BCUT2D eigenvalue weighted by Crippen LogP contribution is -2.25. The number of halogens is 1. The zero-order valence-corrected chi connectivity index (χ0v) is 17.9. The highest BCUT2D eigenvalue weighted by Gasteiger charge is 2.19. The van der Waals surface area contributed by atoms with Gasteiger partial charge in [-0.05, 0) is 43.3 Å². The lowest BCUT2D eigenvalue weighted by Gasteiger charge is -2.22. The maximum Gasteiger partial charge on any atom is 0.264 e. The summed E-state index contributed by atoms with van der Waals surface area (Å²) in [5.74, 6) is 1.07. The number of nitrogens with one attached hydrogen (secondary N) is 2. The Morgan fingerprint density at radius 1 is 1.10 bits per heavy atom. The normalized spacial score (nSPS) is 11.8. The summed E-state index contributed by atoms with van der Waals surface area (Å²) in [7, 11) is 1.75. The molecule has 2 N–H and O–H groups in total. The van der Waals surface area contributed by atoms with Gasteiger partial charge in [-0.2, -0.15) is 0 Å². The number of anilines is 2. The van der Waals surface area contributed by atoms with Crippen molar-refractivity contribution in [2.45, 2.75) is 13.0 Å². The molecule has 0 aliphatic rings. The number of para-hydroxylation sites is 1. The van der Waals surface area contributed by atoms with E-state index in [0.717, 1.165) is 16.8 Å². The van der Waals surface area contributed by atoms with Crippen LogP contribution in [0.1, 0.15) is 18.7 Å². The van der Waals surface area contributed by atoms with E-state index in [4.69, 9.17) is 11.6 Å². The second-order valence-electron chi connectivity index (χ2n) is 6.94. The van der Waals surface area contributed by atoms with Crippen molar-refractivity contribution in [1.29, 1.82) is 0 Å². The molecule has 0 radical (unpaired) electrons. The van der Waals surface area contributed by atoms with Crippen LogP contribution < -0.4 is 16.2 Å². The van der Waals surface area contributed by atoms with Crippen LogP contribution >= 0.6 is 11.6 Å². The fourth-order valence-electron chi connectivity index (χ4n) is 3.60. The van der Waals surface area contributed by atoms with Gasteiger partial charge in [-0.25, -0.2) is 9.97 Å². The Kier molecular flexibility index (Phi) is 5.68. The summed E-state index contributed by atoms with van der Waals surface area (Å²) in [5, 5.41) is 8.01. The van der Waals surface area contributed by atoms with E-state index in [2.05, 4.69) is 32.3 Å². The Labute approximate surface area is 184 Å². The van der Waals surface area contributed by atoms with Gasteiger partial charge < -0.3 is 10.6 Å². The van der Waals surface area contributed by atoms with E-state index < -0.39 is 0 Å². The Morgan fingerprint density at radius 3 is 2.55 bits per heavy atom. The highest BCUT2D eigenvalue weighted by atomic mass is 35.5. The number of aliphatic imine (C=N–C) groups is 1. The molecule has 1 unspecified atom stereocenters. The monoisotopic (exact) mass is 432 g/mol. The third-order valence-electron chi connectivity index (χ3n) is 5.05. The van der Waals surface area contributed by atoms with Crippen molar-refractivity contribution in [3.63, 3.8) is 0 Å². The molecule has 4 aromatic rings. The van der Waals surface area contributed by atoms with E-state index in [-0.39, 0.29) is 11.6 Å². The number of fused-ring (bicyclic) bond motifs is 1. The molecule has 0 saturated heterocycles. The summed E-state index contributed by atoms with van der Waals surface area (Å²) < 4.78 is 1.67. The molecule has 1 atom stereocenters. The molecular weight excluding hydrogens is 412 g/mol. The molecule has 0 fully saturated rings. The molecule has 0 saturated carbocycles. The van der Waals surface area contributed by atoms with E-state index >= 15 is 0 Å². The molecule has 0 spiro atoms. The van der Waals surface area contributed by atoms with Crippen LogP contribution in [0.15, 0.2) is 70.7 Å². The molecule has 4 rings (SSSR count). The van der Waals surface area contributed by atoms with Crippen LogP contribution in [-0.2, 0) is 0 Å². The van der Waals surface area contributed by atoms with Crippen molar-refractivity contribution in [1.82, 2.24) is 14.5 Å². The summed E-state index contributed by atoms with van der Waals surface area (Å²) in [6.45, 7) is 5.59. The van der Waals surface area contributed by atoms with Gasteiger partial charge in [0.05, 0.1) is 16.5 Å². The van der Waals surface area contributed by atoms with Crippen LogP contribution in [0.5, 0.6) is 0 Å². The van der Waals surface area contributed by atoms with Gasteiger partial charge in [0.15, 0.2) is 11.6 Å². The van der Waals surface area contributed by atoms with Crippen LogP contribution in [-0.4, -0.2) is 28.3 Å². The lowest BCUT2D eigenvalue weighted by molar-refractivity contribution is 0.773. The first-order valence-corrected chi connectivity index (χ1v) is 10.1. The van der Waals surface area contributed by atoms with E-state index in [0.29, 0.717) is 27.7 Å². The quantitative estimate of drug-likeness (QED) is 0.420. The van der Waals surface area contributed by atoms with Crippen molar-refractivity contribution in [3.8, 4) is 5.69 Å². The van der Waals surface area contributed by atoms with Gasteiger partial charge in [0.2, 0.25) is 0 Å². The minimum absolute atomic E-state index is 0.182. The largest absolute Gasteiger partial charge is 0.371 e. The highest BCUT2D eigenvalue weighted by Crippen LogP contribution is 2.32. The topological polar surface area (TPSA) is 84.2 Å². The second kappa shape index (κ2) is 8.57. The van der Waals surface area contributed by atoms with Gasteiger partial charge in [0, 0.05) is 18.4 Å². The summed E-state index contributed by atoms with van der Waals surface area (Å²) in [6, 6.07) is 16.6. The molecule has 7 nitrogen and oxygen atoms in total. The van der Waals surface area contributed by atoms with Crippen molar-refractivity contribution in [2.75, 3.05) is 17.7 Å². The molecule has 156 valence electrons. The van der Waals surface area contributed by atoms with Gasteiger partial charge in [0.1, 0.15) is 12.0 Å². The van der Waals surface area contributed by atoms with Crippen LogP contribution in [0, 0.1) is 0 Å². The Bertz CT molecular complexity index is 1320. The number of benzene rings is 2. The average molecular weight is 433 g/mol. The number of hydrogen-bond acceptors (Lipinski definition) is 6. The molecule has 0 aliphatic carbocycles. The predicted octanol–water partition coefficient (Wildman–Crippen LogP) is 4.98. The highest BCUT2D eigenvalue weighted by molar-refractivity contribution is 6.35. The summed E-state index contributed by atoms with van der Waals surface area (Å²) in [6.07, 6.45) is 1.44. The first kappa shape index (κ1) is 20.6. The van der Waals surface area contributed by atoms with E-state index in [9.17, 15) is 4.79 Å². The van der Waals surface area contributed by atoms with Crippen molar-refractivity contribution < 1.29 is 0 Å². The van der Waals surface area contributed by atoms with Crippen LogP contribution in [0.3, 0.4) is 0 Å². The molecule has 8 heteroatoms. The van der Waals surface area contributed by atoms with Crippen molar-refractivity contribution in [3.05, 3.63) is 82.0 Å². The summed E-state index contributed by atoms with van der Waals surface area (Å²) in [5.41, 5.74) is 1.83. The number of hydrogen-bond donors (Lipinski definition) is 2. The molecule has 0 aliphatic heterocycles. The van der Waals surface area contributed by atoms with Gasteiger partial charge >= 0.3 is 0 Å². The van der Waals surface area contributed by atoms with Gasteiger partial charge in [-0.1, -0.05) is 41.9 Å². The number of pyridine rings is 1. The van der Waals surface area contributed by atoms with Gasteiger partial charge in [0.25, 0.3) is 5.56 Å². The zero-order valence-electron chi connectivity index (χ0n) is 17.1. The van der Waals surface area contributed by atoms with Crippen molar-refractivity contribution in [2.24, 2.45) is 4.99 Å². The minimum atomic E-state index is -0.295. The molecule has 0 amide bonds. The number of rotatable bonds is 6. The summed E-state index contributed by atoms with van der Waals surface area (Å²) >= 11 is 6.38. The molecule has 0 bridgehead atoms. The molecule has 31 heavy (non-hydrogen) atoms. The zero-order chi connectivity index (χ0) is 22.0. The third kappa shape index (κ3) is 3.75. The fraction of sp³-hybridized carbons (Fsp3) is 0.130. The second-order valence-corrected chi connectivity index (χ2v) is 7.35. The van der Waals surface area contributed by atoms with E-state index in [1.54, 1.807) is 17.7 Å². The smallest absolute Gasteiger partial charge is 0.264 e. The molecule has 2 aromatic carbocycles. The molecular formula is C23H21ClN6O. The Hall–Kier alpha value is -3.71. The predicted molar refractivity (Wildman–Crippen MR) is 127 cm³/mol. The van der Waals surface area contributed by atoms with E-state index in [1.807, 2.05) is 55.5 Å². The van der Waals surface area contributed by atoms with Crippen molar-refractivity contribution >= 4 is 46.4 Å². The summed E-state index contributed by atoms with van der Waals surface area (Å²) in [4.78, 5) is 26.1. The van der Waals surface area contributed by atoms with Crippen LogP contribution in [0.2, 0.25) is 5.02 Å². The lowest BCUT2D eigenvalue weighted by atomic mass is 10.1. The maximum absolute atomic E-state index is 13.5. The van der Waals surface area contributed by atoms with Crippen LogP contribution in [0.4, 0.5) is 17.3 Å². The number of aromatic nitrogens is 3. The fourth-order valence-corrected chi connectivity index (χ4v) is 3.86. The molecule has 2 aromatic heterocycles. The third-order valence-corrected chi connectivity index (χ3v) is 5.37. The molecule has 2 heterocycles. The van der Waals surface area contributed by atoms with Crippen LogP contribution in [0.25, 0.3) is 16.5 Å². The van der Waals surface area contributed by atoms with E-state index in [1.165, 1.54) is 6.33 Å². The SMILES string of the molecule is C=Nc1c(NC)ncnc1NC(C)c1cc2cccc(Cl)c2c(=O)n1-c1ccccc1. The first-order valence-electron chi connectivity index (χ1n) is 9.70. The van der Waals surface area contributed by atoms with Gasteiger partial charge in [-0.3, -0.25) is 14.4 Å². The number of nitrogens with zero attached hydrogens (tertiary/aromatic N) is 4. The average Bonchev–Trinajstić information content (AvgIpc) is 2.79. The first-order chi connectivity index (χ1) is 15.0. The Balaban J connectivity index is 1.91. The maximum atomic E-state index is 13.5. The standard InChI is InChI=1S/C23H21ClN6O/c1-14(29-22-20(25-2)21(26-3)27-13-28-22)18-12-15-8-7-11-17(24)19(15)23(31)30(18)16-9-5-4-6-10-16/h4-14H,2H2,1,3H3,(H2,26,27,28,29). The minimum Gasteiger partial charge on any atom is -0.371 e.